The Morgan fingerprint density at radius 3 is 2.42 bits per heavy atom. The standard InChI is InChI=1S/C18H23N3O4.ClH/c1-3-25-16(23)7-5-4-6-15(22)17-14(19-18(24)20-17)12-21-10-8-13(2)9-11-21;/h8-11H,3-7,12H2,1-2H3,(H-,19,20,22,24);1H. The van der Waals surface area contributed by atoms with Gasteiger partial charge in [0.05, 0.1) is 6.61 Å². The number of aryl methyl sites for hydroxylation is 1. The molecule has 0 aliphatic rings. The van der Waals surface area contributed by atoms with Gasteiger partial charge in [0.1, 0.15) is 11.4 Å². The van der Waals surface area contributed by atoms with Gasteiger partial charge in [-0.3, -0.25) is 9.59 Å². The number of nitrogens with one attached hydrogen (secondary N) is 2. The number of Topliss-reactive ketones (excluding diaryl/α,β-unsaturated/α-hetero) is 1. The van der Waals surface area contributed by atoms with Crippen LogP contribution in [0, 0.1) is 6.92 Å². The molecule has 2 aromatic rings. The van der Waals surface area contributed by atoms with Gasteiger partial charge in [-0.2, -0.15) is 4.57 Å². The first-order chi connectivity index (χ1) is 12.0. The van der Waals surface area contributed by atoms with Crippen molar-refractivity contribution in [2.45, 2.75) is 46.1 Å². The second-order valence-corrected chi connectivity index (χ2v) is 5.92. The number of aromatic amines is 2. The number of hydrogen-bond acceptors (Lipinski definition) is 4. The lowest BCUT2D eigenvalue weighted by atomic mass is 10.1. The highest BCUT2D eigenvalue weighted by atomic mass is 35.5. The van der Waals surface area contributed by atoms with Crippen molar-refractivity contribution in [1.29, 1.82) is 0 Å². The van der Waals surface area contributed by atoms with Gasteiger partial charge in [0.25, 0.3) is 0 Å². The monoisotopic (exact) mass is 381 g/mol. The highest BCUT2D eigenvalue weighted by Gasteiger charge is 2.18. The summed E-state index contributed by atoms with van der Waals surface area (Å²) in [4.78, 5) is 40.5. The van der Waals surface area contributed by atoms with Crippen LogP contribution < -0.4 is 22.7 Å². The third-order valence-corrected chi connectivity index (χ3v) is 3.82. The molecule has 0 aliphatic heterocycles. The van der Waals surface area contributed by atoms with Gasteiger partial charge in [-0.15, -0.1) is 0 Å². The van der Waals surface area contributed by atoms with E-state index in [-0.39, 0.29) is 30.6 Å². The molecule has 7 nitrogen and oxygen atoms in total. The van der Waals surface area contributed by atoms with E-state index in [0.717, 1.165) is 5.56 Å². The van der Waals surface area contributed by atoms with Crippen LogP contribution in [-0.2, 0) is 16.1 Å². The van der Waals surface area contributed by atoms with E-state index in [2.05, 4.69) is 9.97 Å². The predicted molar refractivity (Wildman–Crippen MR) is 91.3 cm³/mol. The maximum absolute atomic E-state index is 12.4. The zero-order chi connectivity index (χ0) is 18.2. The molecule has 0 fully saturated rings. The fourth-order valence-electron chi connectivity index (χ4n) is 2.51. The summed E-state index contributed by atoms with van der Waals surface area (Å²) < 4.78 is 6.74. The zero-order valence-corrected chi connectivity index (χ0v) is 15.8. The minimum Gasteiger partial charge on any atom is -1.00 e. The van der Waals surface area contributed by atoms with Crippen LogP contribution in [0.5, 0.6) is 0 Å². The van der Waals surface area contributed by atoms with Crippen LogP contribution >= 0.6 is 0 Å². The largest absolute Gasteiger partial charge is 1.00 e. The van der Waals surface area contributed by atoms with Crippen LogP contribution in [0.1, 0.15) is 54.4 Å². The van der Waals surface area contributed by atoms with E-state index in [4.69, 9.17) is 4.74 Å². The first kappa shape index (κ1) is 21.6. The molecule has 142 valence electrons. The number of ketones is 1. The van der Waals surface area contributed by atoms with Gasteiger partial charge >= 0.3 is 11.7 Å². The maximum atomic E-state index is 12.4. The highest BCUT2D eigenvalue weighted by Crippen LogP contribution is 2.09. The van der Waals surface area contributed by atoms with Crippen molar-refractivity contribution in [3.05, 3.63) is 52.0 Å². The molecule has 2 rings (SSSR count). The van der Waals surface area contributed by atoms with Crippen molar-refractivity contribution < 1.29 is 31.3 Å². The van der Waals surface area contributed by atoms with Gasteiger partial charge in [-0.25, -0.2) is 4.79 Å². The van der Waals surface area contributed by atoms with Crippen LogP contribution in [0.2, 0.25) is 0 Å². The molecule has 0 atom stereocenters. The number of aromatic nitrogens is 3. The maximum Gasteiger partial charge on any atom is 0.323 e. The Morgan fingerprint density at radius 2 is 1.77 bits per heavy atom. The lowest BCUT2D eigenvalue weighted by Crippen LogP contribution is -3.00. The average molecular weight is 382 g/mol. The molecule has 0 saturated carbocycles. The second kappa shape index (κ2) is 10.6. The van der Waals surface area contributed by atoms with Gasteiger partial charge in [0, 0.05) is 25.0 Å². The van der Waals surface area contributed by atoms with E-state index in [0.29, 0.717) is 43.8 Å². The third-order valence-electron chi connectivity index (χ3n) is 3.82. The molecule has 2 aromatic heterocycles. The van der Waals surface area contributed by atoms with Gasteiger partial charge < -0.3 is 27.1 Å². The predicted octanol–water partition coefficient (Wildman–Crippen LogP) is -1.34. The Kier molecular flexibility index (Phi) is 8.78. The fraction of sp³-hybridized carbons (Fsp3) is 0.444. The second-order valence-electron chi connectivity index (χ2n) is 5.92. The average Bonchev–Trinajstić information content (AvgIpc) is 2.94. The van der Waals surface area contributed by atoms with E-state index >= 15 is 0 Å². The normalized spacial score (nSPS) is 10.2. The van der Waals surface area contributed by atoms with E-state index in [9.17, 15) is 14.4 Å². The number of nitrogens with zero attached hydrogens (tertiary/aromatic N) is 1. The molecule has 2 N–H and O–H groups in total. The molecule has 0 saturated heterocycles. The first-order valence-corrected chi connectivity index (χ1v) is 8.45. The summed E-state index contributed by atoms with van der Waals surface area (Å²) in [5, 5.41) is 0. The molecule has 0 amide bonds. The van der Waals surface area contributed by atoms with E-state index in [1.165, 1.54) is 0 Å². The molecule has 0 unspecified atom stereocenters. The summed E-state index contributed by atoms with van der Waals surface area (Å²) in [6.07, 6.45) is 5.53. The minimum absolute atomic E-state index is 0. The van der Waals surface area contributed by atoms with Crippen molar-refractivity contribution in [3.8, 4) is 0 Å². The topological polar surface area (TPSA) is 95.9 Å². The SMILES string of the molecule is CCOC(=O)CCCCC(=O)c1[nH]c(=O)[nH]c1C[n+]1ccc(C)cc1.[Cl-]. The molecule has 0 aliphatic carbocycles. The lowest BCUT2D eigenvalue weighted by molar-refractivity contribution is -0.688. The molecule has 0 spiro atoms. The summed E-state index contributed by atoms with van der Waals surface area (Å²) in [5.41, 5.74) is 1.62. The summed E-state index contributed by atoms with van der Waals surface area (Å²) in [6, 6.07) is 3.92. The minimum atomic E-state index is -0.391. The zero-order valence-electron chi connectivity index (χ0n) is 15.0. The van der Waals surface area contributed by atoms with Crippen molar-refractivity contribution in [3.63, 3.8) is 0 Å². The van der Waals surface area contributed by atoms with Crippen LogP contribution in [0.25, 0.3) is 0 Å². The number of unbranched alkanes of at least 4 members (excludes halogenated alkanes) is 1. The van der Waals surface area contributed by atoms with Gasteiger partial charge in [0.15, 0.2) is 24.7 Å². The van der Waals surface area contributed by atoms with Crippen molar-refractivity contribution in [2.75, 3.05) is 6.61 Å². The van der Waals surface area contributed by atoms with Crippen LogP contribution in [0.15, 0.2) is 29.3 Å². The Hall–Kier alpha value is -2.41. The number of hydrogen-bond donors (Lipinski definition) is 2. The van der Waals surface area contributed by atoms with Crippen LogP contribution in [0.3, 0.4) is 0 Å². The molecule has 8 heteroatoms. The smallest absolute Gasteiger partial charge is 0.323 e. The number of carbonyl (C=O) groups is 2. The van der Waals surface area contributed by atoms with E-state index in [1.807, 2.05) is 36.0 Å². The first-order valence-electron chi connectivity index (χ1n) is 8.45. The number of carbonyl (C=O) groups excluding carboxylic acids is 2. The summed E-state index contributed by atoms with van der Waals surface area (Å²) >= 11 is 0. The van der Waals surface area contributed by atoms with E-state index < -0.39 is 5.69 Å². The number of ether oxygens (including phenoxy) is 1. The van der Waals surface area contributed by atoms with Gasteiger partial charge in [-0.05, 0) is 32.3 Å². The Labute approximate surface area is 158 Å². The Morgan fingerprint density at radius 1 is 1.12 bits per heavy atom. The molecule has 0 aromatic carbocycles. The number of pyridine rings is 1. The number of imidazole rings is 1. The molecule has 26 heavy (non-hydrogen) atoms. The molecular formula is C18H24ClN3O4. The summed E-state index contributed by atoms with van der Waals surface area (Å²) in [7, 11) is 0. The van der Waals surface area contributed by atoms with E-state index in [1.54, 1.807) is 6.92 Å². The number of esters is 1. The van der Waals surface area contributed by atoms with Crippen LogP contribution in [-0.4, -0.2) is 28.3 Å². The van der Waals surface area contributed by atoms with Gasteiger partial charge in [0.2, 0.25) is 0 Å². The number of halogens is 1. The highest BCUT2D eigenvalue weighted by molar-refractivity contribution is 5.95. The lowest BCUT2D eigenvalue weighted by Gasteiger charge is -2.02. The third kappa shape index (κ3) is 6.48. The molecule has 2 heterocycles. The number of rotatable bonds is 9. The van der Waals surface area contributed by atoms with Crippen LogP contribution in [0.4, 0.5) is 0 Å². The summed E-state index contributed by atoms with van der Waals surface area (Å²) in [6.45, 7) is 4.52. The van der Waals surface area contributed by atoms with Crippen molar-refractivity contribution >= 4 is 11.8 Å². The van der Waals surface area contributed by atoms with Crippen molar-refractivity contribution in [2.24, 2.45) is 0 Å². The molecular weight excluding hydrogens is 358 g/mol. The van der Waals surface area contributed by atoms with Gasteiger partial charge in [-0.1, -0.05) is 0 Å². The Balaban J connectivity index is 0.00000338. The van der Waals surface area contributed by atoms with Crippen molar-refractivity contribution in [1.82, 2.24) is 9.97 Å². The fourth-order valence-corrected chi connectivity index (χ4v) is 2.51. The quantitative estimate of drug-likeness (QED) is 0.243. The Bertz CT molecular complexity index is 780. The number of H-pyrrole nitrogens is 2. The molecule has 0 radical (unpaired) electrons. The summed E-state index contributed by atoms with van der Waals surface area (Å²) in [5.74, 6) is -0.383. The molecule has 0 bridgehead atoms.